The van der Waals surface area contributed by atoms with Crippen molar-refractivity contribution in [1.29, 1.82) is 0 Å². The normalized spacial score (nSPS) is 12.7. The summed E-state index contributed by atoms with van der Waals surface area (Å²) in [6.45, 7) is 13.6. The van der Waals surface area contributed by atoms with Crippen molar-refractivity contribution in [3.05, 3.63) is 261 Å². The molecule has 0 bridgehead atoms. The molecule has 0 atom stereocenters. The lowest BCUT2D eigenvalue weighted by Crippen LogP contribution is -2.10. The van der Waals surface area contributed by atoms with Gasteiger partial charge in [-0.15, -0.1) is 0 Å². The minimum atomic E-state index is 0.112. The molecule has 0 spiro atoms. The summed E-state index contributed by atoms with van der Waals surface area (Å²) < 4.78 is 0. The van der Waals surface area contributed by atoms with Crippen LogP contribution >= 0.6 is 0 Å². The van der Waals surface area contributed by atoms with Gasteiger partial charge in [-0.25, -0.2) is 0 Å². The summed E-state index contributed by atoms with van der Waals surface area (Å²) >= 11 is 0. The molecule has 0 aliphatic heterocycles. The van der Waals surface area contributed by atoms with Crippen LogP contribution in [0.1, 0.15) is 108 Å². The van der Waals surface area contributed by atoms with Crippen LogP contribution in [0.15, 0.2) is 194 Å². The molecule has 0 heteroatoms. The minimum Gasteiger partial charge on any atom is -0.0622 e. The van der Waals surface area contributed by atoms with Gasteiger partial charge in [0.05, 0.1) is 0 Å². The van der Waals surface area contributed by atoms with Crippen molar-refractivity contribution < 1.29 is 0 Å². The fraction of sp³-hybridized carbons (Fsp3) is 0.129. The lowest BCUT2D eigenvalue weighted by molar-refractivity contribution is 0.590. The molecule has 0 saturated carbocycles. The lowest BCUT2D eigenvalue weighted by atomic mass is 9.85. The van der Waals surface area contributed by atoms with Gasteiger partial charge in [-0.05, 0) is 112 Å². The SMILES string of the molecule is CC(C)(C)c1ccc(C(=Cc2ccc(C=Cc3ccc4ccccc4c3C=Cc3ccc(C=C(c4ccccc4)c4ccc(C(C)(C)C)cc4)cc3)cc2)c2ccccc2)cc1. The first-order valence-electron chi connectivity index (χ1n) is 21.8. The van der Waals surface area contributed by atoms with Gasteiger partial charge in [-0.2, -0.15) is 0 Å². The highest BCUT2D eigenvalue weighted by molar-refractivity contribution is 5.98. The van der Waals surface area contributed by atoms with E-state index in [-0.39, 0.29) is 10.8 Å². The molecule has 0 amide bonds. The first kappa shape index (κ1) is 41.7. The second-order valence-corrected chi connectivity index (χ2v) is 18.3. The van der Waals surface area contributed by atoms with Gasteiger partial charge in [0.15, 0.2) is 0 Å². The highest BCUT2D eigenvalue weighted by Crippen LogP contribution is 2.32. The van der Waals surface area contributed by atoms with Crippen LogP contribution in [0.3, 0.4) is 0 Å². The average Bonchev–Trinajstić information content (AvgIpc) is 3.29. The maximum atomic E-state index is 2.30. The van der Waals surface area contributed by atoms with Crippen molar-refractivity contribution in [3.8, 4) is 0 Å². The summed E-state index contributed by atoms with van der Waals surface area (Å²) in [4.78, 5) is 0. The Bertz CT molecular complexity index is 2870. The lowest BCUT2D eigenvalue weighted by Gasteiger charge is -2.19. The van der Waals surface area contributed by atoms with Crippen LogP contribution in [0.25, 0.3) is 58.4 Å². The molecule has 0 aliphatic rings. The quantitative estimate of drug-likeness (QED) is 0.121. The number of hydrogen-bond donors (Lipinski definition) is 0. The fourth-order valence-corrected chi connectivity index (χ4v) is 7.95. The Morgan fingerprint density at radius 1 is 0.323 bits per heavy atom. The molecule has 304 valence electrons. The number of rotatable bonds is 10. The van der Waals surface area contributed by atoms with Crippen LogP contribution in [-0.2, 0) is 10.8 Å². The van der Waals surface area contributed by atoms with Gasteiger partial charge in [0.25, 0.3) is 0 Å². The van der Waals surface area contributed by atoms with E-state index in [1.165, 1.54) is 77.6 Å². The fourth-order valence-electron chi connectivity index (χ4n) is 7.95. The molecule has 8 aromatic rings. The topological polar surface area (TPSA) is 0 Å². The van der Waals surface area contributed by atoms with Crippen molar-refractivity contribution in [2.45, 2.75) is 52.4 Å². The Kier molecular flexibility index (Phi) is 12.3. The van der Waals surface area contributed by atoms with E-state index in [2.05, 4.69) is 272 Å². The molecule has 8 aromatic carbocycles. The Hall–Kier alpha value is -7.02. The Balaban J connectivity index is 1.05. The average molecular weight is 801 g/mol. The molecule has 0 heterocycles. The maximum Gasteiger partial charge on any atom is -0.0105 e. The van der Waals surface area contributed by atoms with Crippen LogP contribution < -0.4 is 0 Å². The zero-order valence-corrected chi connectivity index (χ0v) is 36.9. The van der Waals surface area contributed by atoms with Crippen molar-refractivity contribution in [3.63, 3.8) is 0 Å². The zero-order valence-electron chi connectivity index (χ0n) is 36.9. The highest BCUT2D eigenvalue weighted by atomic mass is 14.2. The first-order valence-corrected chi connectivity index (χ1v) is 21.8. The van der Waals surface area contributed by atoms with Crippen molar-refractivity contribution in [2.75, 3.05) is 0 Å². The summed E-state index contributed by atoms with van der Waals surface area (Å²) in [5.74, 6) is 0. The van der Waals surface area contributed by atoms with Gasteiger partial charge < -0.3 is 0 Å². The standard InChI is InChI=1S/C62H56/c1-61(2,3)55-38-34-53(35-39-55)59(49-15-9-7-10-16-49)43-47-25-21-45(22-26-47)29-31-52-33-32-51-19-13-14-20-57(51)58(52)42-30-46-23-27-48(28-24-46)44-60(50-17-11-8-12-18-50)54-36-40-56(41-37-54)62(4,5)6/h7-44H,1-6H3. The summed E-state index contributed by atoms with van der Waals surface area (Å²) in [6.07, 6.45) is 13.6. The molecule has 0 radical (unpaired) electrons. The Morgan fingerprint density at radius 2 is 0.710 bits per heavy atom. The third-order valence-electron chi connectivity index (χ3n) is 11.7. The second kappa shape index (κ2) is 18.3. The molecule has 8 rings (SSSR count). The van der Waals surface area contributed by atoms with E-state index < -0.39 is 0 Å². The molecule has 0 N–H and O–H groups in total. The summed E-state index contributed by atoms with van der Waals surface area (Å²) in [7, 11) is 0. The van der Waals surface area contributed by atoms with Crippen LogP contribution in [0.5, 0.6) is 0 Å². The van der Waals surface area contributed by atoms with E-state index in [0.29, 0.717) is 0 Å². The van der Waals surface area contributed by atoms with Crippen molar-refractivity contribution >= 4 is 58.4 Å². The molecule has 0 fully saturated rings. The van der Waals surface area contributed by atoms with Crippen molar-refractivity contribution in [2.24, 2.45) is 0 Å². The van der Waals surface area contributed by atoms with Crippen LogP contribution in [0.4, 0.5) is 0 Å². The van der Waals surface area contributed by atoms with Gasteiger partial charge in [0, 0.05) is 0 Å². The largest absolute Gasteiger partial charge is 0.0622 e. The predicted molar refractivity (Wildman–Crippen MR) is 272 cm³/mol. The van der Waals surface area contributed by atoms with E-state index in [0.717, 1.165) is 11.1 Å². The third kappa shape index (κ3) is 10.1. The molecule has 0 nitrogen and oxygen atoms in total. The monoisotopic (exact) mass is 800 g/mol. The van der Waals surface area contributed by atoms with E-state index in [4.69, 9.17) is 0 Å². The molecule has 62 heavy (non-hydrogen) atoms. The molecule has 0 saturated heterocycles. The molecular weight excluding hydrogens is 745 g/mol. The van der Waals surface area contributed by atoms with Gasteiger partial charge in [0.2, 0.25) is 0 Å². The Morgan fingerprint density at radius 3 is 1.16 bits per heavy atom. The second-order valence-electron chi connectivity index (χ2n) is 18.3. The van der Waals surface area contributed by atoms with Gasteiger partial charge in [-0.3, -0.25) is 0 Å². The van der Waals surface area contributed by atoms with Gasteiger partial charge in [-0.1, -0.05) is 260 Å². The summed E-state index contributed by atoms with van der Waals surface area (Å²) in [5, 5.41) is 2.46. The smallest absolute Gasteiger partial charge is 0.0105 e. The molecule has 0 unspecified atom stereocenters. The number of hydrogen-bond acceptors (Lipinski definition) is 0. The summed E-state index contributed by atoms with van der Waals surface area (Å²) in [5.41, 5.74) is 17.2. The zero-order chi connectivity index (χ0) is 43.1. The Labute approximate surface area is 370 Å². The summed E-state index contributed by atoms with van der Waals surface area (Å²) in [6, 6.07) is 70.3. The number of benzene rings is 8. The third-order valence-corrected chi connectivity index (χ3v) is 11.7. The molecule has 0 aliphatic carbocycles. The van der Waals surface area contributed by atoms with Gasteiger partial charge in [0.1, 0.15) is 0 Å². The first-order chi connectivity index (χ1) is 30.0. The number of fused-ring (bicyclic) bond motifs is 1. The van der Waals surface area contributed by atoms with Crippen molar-refractivity contribution in [1.82, 2.24) is 0 Å². The van der Waals surface area contributed by atoms with Crippen LogP contribution in [0, 0.1) is 0 Å². The van der Waals surface area contributed by atoms with Crippen LogP contribution in [-0.4, -0.2) is 0 Å². The van der Waals surface area contributed by atoms with E-state index in [1.54, 1.807) is 0 Å². The molecular formula is C62H56. The molecule has 0 aromatic heterocycles. The highest BCUT2D eigenvalue weighted by Gasteiger charge is 2.16. The van der Waals surface area contributed by atoms with Gasteiger partial charge >= 0.3 is 0 Å². The minimum absolute atomic E-state index is 0.112. The van der Waals surface area contributed by atoms with Crippen LogP contribution in [0.2, 0.25) is 0 Å². The van der Waals surface area contributed by atoms with E-state index in [1.807, 2.05) is 0 Å². The van der Waals surface area contributed by atoms with E-state index >= 15 is 0 Å². The predicted octanol–water partition coefficient (Wildman–Crippen LogP) is 17.0. The van der Waals surface area contributed by atoms with E-state index in [9.17, 15) is 0 Å². The maximum absolute atomic E-state index is 2.30.